The molecule has 0 aromatic heterocycles. The maximum Gasteiger partial charge on any atom is 0.425 e. The monoisotopic (exact) mass is 792 g/mol. The van der Waals surface area contributed by atoms with Crippen LogP contribution in [0, 0.1) is 17.8 Å². The van der Waals surface area contributed by atoms with Crippen molar-refractivity contribution in [1.29, 1.82) is 0 Å². The number of amides is 4. The maximum absolute atomic E-state index is 14.0. The molecule has 2 saturated heterocycles. The number of nitrogens with one attached hydrogen (secondary N) is 2. The molecular weight excluding hydrogens is 737 g/mol. The van der Waals surface area contributed by atoms with E-state index in [1.165, 1.54) is 19.2 Å². The fourth-order valence-electron chi connectivity index (χ4n) is 9.19. The van der Waals surface area contributed by atoms with Crippen LogP contribution in [0.2, 0.25) is 0 Å². The molecule has 58 heavy (non-hydrogen) atoms. The van der Waals surface area contributed by atoms with Crippen LogP contribution in [0.1, 0.15) is 89.2 Å². The molecule has 13 heteroatoms. The predicted octanol–water partition coefficient (Wildman–Crippen LogP) is 7.18. The first-order chi connectivity index (χ1) is 28.1. The molecule has 0 radical (unpaired) electrons. The molecule has 1 aliphatic carbocycles. The molecule has 4 aliphatic heterocycles. The fraction of sp³-hybridized carbons (Fsp3) is 0.511. The van der Waals surface area contributed by atoms with Gasteiger partial charge >= 0.3 is 12.2 Å². The molecule has 4 amide bonds. The van der Waals surface area contributed by atoms with E-state index in [-0.39, 0.29) is 41.7 Å². The summed E-state index contributed by atoms with van der Waals surface area (Å²) in [7, 11) is 2.61. The number of benzene rings is 2. The zero-order valence-electron chi connectivity index (χ0n) is 34.1. The topological polar surface area (TPSA) is 151 Å². The van der Waals surface area contributed by atoms with Gasteiger partial charge in [0.2, 0.25) is 11.8 Å². The van der Waals surface area contributed by atoms with Gasteiger partial charge < -0.3 is 24.4 Å². The average molecular weight is 793 g/mol. The van der Waals surface area contributed by atoms with Crippen LogP contribution >= 0.6 is 0 Å². The number of hydrogen-bond donors (Lipinski definition) is 2. The molecule has 2 aromatic rings. The molecule has 5 aliphatic rings. The first-order valence-electron chi connectivity index (χ1n) is 20.8. The van der Waals surface area contributed by atoms with Gasteiger partial charge in [-0.05, 0) is 91.7 Å². The first kappa shape index (κ1) is 40.9. The van der Waals surface area contributed by atoms with Crippen LogP contribution in [0.3, 0.4) is 0 Å². The lowest BCUT2D eigenvalue weighted by Gasteiger charge is -2.36. The summed E-state index contributed by atoms with van der Waals surface area (Å²) >= 11 is 0. The van der Waals surface area contributed by atoms with Crippen molar-refractivity contribution in [1.82, 2.24) is 20.7 Å². The van der Waals surface area contributed by atoms with Crippen molar-refractivity contribution in [2.75, 3.05) is 34.0 Å². The summed E-state index contributed by atoms with van der Waals surface area (Å²) in [6.07, 6.45) is 10.8. The van der Waals surface area contributed by atoms with E-state index in [0.29, 0.717) is 45.4 Å². The minimum atomic E-state index is -0.652. The summed E-state index contributed by atoms with van der Waals surface area (Å²) in [5.41, 5.74) is 11.3. The Morgan fingerprint density at radius 2 is 1.31 bits per heavy atom. The minimum absolute atomic E-state index is 0.00315. The highest BCUT2D eigenvalue weighted by atomic mass is 16.5. The van der Waals surface area contributed by atoms with E-state index in [4.69, 9.17) is 24.2 Å². The Bertz CT molecular complexity index is 1960. The first-order valence-corrected chi connectivity index (χ1v) is 20.8. The quantitative estimate of drug-likeness (QED) is 0.242. The van der Waals surface area contributed by atoms with Crippen molar-refractivity contribution in [3.63, 3.8) is 0 Å². The van der Waals surface area contributed by atoms with Crippen LogP contribution < -0.4 is 10.7 Å². The molecule has 308 valence electrons. The second-order valence-corrected chi connectivity index (χ2v) is 16.2. The number of nitrogens with zero attached hydrogens (tertiary/aromatic N) is 4. The van der Waals surface area contributed by atoms with E-state index in [2.05, 4.69) is 59.3 Å². The van der Waals surface area contributed by atoms with Gasteiger partial charge in [-0.1, -0.05) is 61.4 Å². The van der Waals surface area contributed by atoms with Crippen LogP contribution in [0.5, 0.6) is 0 Å². The van der Waals surface area contributed by atoms with Crippen molar-refractivity contribution in [3.8, 4) is 11.1 Å². The highest BCUT2D eigenvalue weighted by Gasteiger charge is 2.41. The van der Waals surface area contributed by atoms with Gasteiger partial charge in [0.25, 0.3) is 0 Å². The normalized spacial score (nSPS) is 22.7. The second-order valence-electron chi connectivity index (χ2n) is 16.2. The molecule has 0 spiro atoms. The summed E-state index contributed by atoms with van der Waals surface area (Å²) in [5, 5.41) is 4.24. The minimum Gasteiger partial charge on any atom is -0.453 e. The van der Waals surface area contributed by atoms with Gasteiger partial charge in [0.05, 0.1) is 20.3 Å². The number of hydrazine groups is 1. The van der Waals surface area contributed by atoms with Crippen LogP contribution in [-0.4, -0.2) is 97.4 Å². The molecule has 3 fully saturated rings. The Balaban J connectivity index is 0.947. The Kier molecular flexibility index (Phi) is 13.1. The van der Waals surface area contributed by atoms with Crippen molar-refractivity contribution < 1.29 is 33.4 Å². The van der Waals surface area contributed by atoms with E-state index in [9.17, 15) is 19.2 Å². The number of aliphatic imine (C=N–C) groups is 2. The molecule has 2 aromatic carbocycles. The van der Waals surface area contributed by atoms with Gasteiger partial charge in [0.1, 0.15) is 6.04 Å². The number of likely N-dealkylation sites (tertiary alicyclic amines) is 1. The lowest BCUT2D eigenvalue weighted by molar-refractivity contribution is -0.142. The molecule has 13 nitrogen and oxygen atoms in total. The van der Waals surface area contributed by atoms with Gasteiger partial charge in [-0.2, -0.15) is 0 Å². The summed E-state index contributed by atoms with van der Waals surface area (Å²) in [6.45, 7) is 5.54. The Morgan fingerprint density at radius 3 is 1.91 bits per heavy atom. The van der Waals surface area contributed by atoms with Gasteiger partial charge in [-0.3, -0.25) is 19.6 Å². The molecule has 7 rings (SSSR count). The van der Waals surface area contributed by atoms with Crippen LogP contribution in [0.4, 0.5) is 9.59 Å². The molecular formula is C45H56N6O7. The molecule has 4 heterocycles. The largest absolute Gasteiger partial charge is 0.453 e. The number of ether oxygens (including phenoxy) is 3. The number of alkyl carbamates (subject to hydrolysis) is 1. The van der Waals surface area contributed by atoms with Crippen molar-refractivity contribution in [2.45, 2.75) is 96.2 Å². The van der Waals surface area contributed by atoms with E-state index in [1.54, 1.807) is 0 Å². The number of carbonyl (C=O) groups is 4. The van der Waals surface area contributed by atoms with Crippen molar-refractivity contribution in [3.05, 3.63) is 72.1 Å². The zero-order valence-corrected chi connectivity index (χ0v) is 34.1. The molecule has 4 atom stereocenters. The Hall–Kier alpha value is -5.30. The van der Waals surface area contributed by atoms with Crippen LogP contribution in [0.25, 0.3) is 22.3 Å². The number of carbonyl (C=O) groups excluding carboxylic acids is 4. The number of allylic oxidation sites excluding steroid dienone is 2. The fourth-order valence-corrected chi connectivity index (χ4v) is 9.19. The van der Waals surface area contributed by atoms with Gasteiger partial charge in [0, 0.05) is 74.3 Å². The number of methoxy groups -OCH3 is 2. The van der Waals surface area contributed by atoms with E-state index >= 15 is 0 Å². The summed E-state index contributed by atoms with van der Waals surface area (Å²) < 4.78 is 15.2. The summed E-state index contributed by atoms with van der Waals surface area (Å²) in [4.78, 5) is 63.6. The van der Waals surface area contributed by atoms with E-state index < -0.39 is 18.2 Å². The molecule has 2 N–H and O–H groups in total. The standard InChI is InChI=1S/C45H56N6O7/c1-28(2)51(49-45(55)57-4)42(52)37-9-6-5-8-36(37)38-24-34(26-46-38)31-15-11-29(12-16-31)30-13-17-32(18-14-30)35-25-39(47-27-35)40-10-7-21-50(40)43(53)41(48-44(54)56-3)33-19-22-58-23-20-33/h11-18,26-28,33,36-37,40-41H,5-10,19-25H2,1-4H3,(H,48,54)(H,49,55)/t36?,37-,40-,41?/m0/s1. The van der Waals surface area contributed by atoms with Gasteiger partial charge in [-0.25, -0.2) is 20.0 Å². The smallest absolute Gasteiger partial charge is 0.425 e. The second kappa shape index (κ2) is 18.5. The predicted molar refractivity (Wildman–Crippen MR) is 223 cm³/mol. The van der Waals surface area contributed by atoms with E-state index in [0.717, 1.165) is 83.3 Å². The SMILES string of the molecule is COC(=O)NC(C(=O)N1CCC[C@H]1C1=NC=C(c2ccc(-c3ccc(C4=CN=C(C5CCCC[C@@H]5C(=O)N(NC(=O)OC)C(C)C)C4)cc3)cc2)C1)C1CCOCC1. The van der Waals surface area contributed by atoms with E-state index in [1.807, 2.05) is 31.1 Å². The van der Waals surface area contributed by atoms with Crippen LogP contribution in [-0.2, 0) is 23.8 Å². The average Bonchev–Trinajstić information content (AvgIpc) is 4.07. The Morgan fingerprint density at radius 1 is 0.741 bits per heavy atom. The Labute approximate surface area is 340 Å². The third-order valence-electron chi connectivity index (χ3n) is 12.4. The highest BCUT2D eigenvalue weighted by Crippen LogP contribution is 2.38. The number of rotatable bonds is 10. The number of hydrogen-bond acceptors (Lipinski definition) is 9. The zero-order chi connectivity index (χ0) is 40.8. The highest BCUT2D eigenvalue weighted by molar-refractivity contribution is 6.04. The van der Waals surface area contributed by atoms with Gasteiger partial charge in [0.15, 0.2) is 0 Å². The molecule has 1 saturated carbocycles. The van der Waals surface area contributed by atoms with Crippen LogP contribution in [0.15, 0.2) is 70.9 Å². The molecule has 2 unspecified atom stereocenters. The lowest BCUT2D eigenvalue weighted by atomic mass is 9.74. The third-order valence-corrected chi connectivity index (χ3v) is 12.4. The summed E-state index contributed by atoms with van der Waals surface area (Å²) in [6, 6.07) is 16.1. The maximum atomic E-state index is 14.0. The summed E-state index contributed by atoms with van der Waals surface area (Å²) in [5.74, 6) is -0.391. The molecule has 0 bridgehead atoms. The lowest BCUT2D eigenvalue weighted by Crippen LogP contribution is -2.55. The van der Waals surface area contributed by atoms with Crippen molar-refractivity contribution >= 4 is 46.6 Å². The van der Waals surface area contributed by atoms with Gasteiger partial charge in [-0.15, -0.1) is 0 Å². The van der Waals surface area contributed by atoms with Crippen molar-refractivity contribution in [2.24, 2.45) is 27.7 Å². The third kappa shape index (κ3) is 9.04.